The Morgan fingerprint density at radius 1 is 1.31 bits per heavy atom. The van der Waals surface area contributed by atoms with Gasteiger partial charge in [0.15, 0.2) is 0 Å². The molecule has 0 radical (unpaired) electrons. The predicted molar refractivity (Wildman–Crippen MR) is 119 cm³/mol. The predicted octanol–water partition coefficient (Wildman–Crippen LogP) is 3.31. The van der Waals surface area contributed by atoms with Gasteiger partial charge in [-0.05, 0) is 37.8 Å². The van der Waals surface area contributed by atoms with Crippen LogP contribution in [0.1, 0.15) is 36.2 Å². The Bertz CT molecular complexity index is 992. The Balaban J connectivity index is 0.00000120. The molecular formula is C20H25Cl2N5OS. The molecule has 2 aliphatic rings. The van der Waals surface area contributed by atoms with Gasteiger partial charge in [0.2, 0.25) is 5.91 Å². The number of aromatic nitrogens is 3. The van der Waals surface area contributed by atoms with Crippen molar-refractivity contribution >= 4 is 47.7 Å². The van der Waals surface area contributed by atoms with Gasteiger partial charge in [0, 0.05) is 36.3 Å². The van der Waals surface area contributed by atoms with E-state index in [1.54, 1.807) is 11.3 Å². The summed E-state index contributed by atoms with van der Waals surface area (Å²) in [5.41, 5.74) is 5.45. The molecule has 2 aliphatic heterocycles. The molecule has 3 aromatic rings. The summed E-state index contributed by atoms with van der Waals surface area (Å²) in [5.74, 6) is 0.128. The van der Waals surface area contributed by atoms with E-state index in [1.807, 2.05) is 22.2 Å². The quantitative estimate of drug-likeness (QED) is 0.621. The maximum atomic E-state index is 13.3. The molecule has 0 aromatic carbocycles. The van der Waals surface area contributed by atoms with Crippen molar-refractivity contribution in [1.82, 2.24) is 25.0 Å². The van der Waals surface area contributed by atoms with Crippen molar-refractivity contribution in [2.24, 2.45) is 5.41 Å². The van der Waals surface area contributed by atoms with Crippen LogP contribution in [0.4, 0.5) is 0 Å². The average Bonchev–Trinajstić information content (AvgIpc) is 3.43. The summed E-state index contributed by atoms with van der Waals surface area (Å²) < 4.78 is 2.01. The fraction of sp³-hybridized carbons (Fsp3) is 0.450. The molecule has 6 nitrogen and oxygen atoms in total. The first-order valence-electron chi connectivity index (χ1n) is 9.48. The second-order valence-electron chi connectivity index (χ2n) is 7.90. The minimum absolute atomic E-state index is 0. The number of nitrogens with one attached hydrogen (secondary N) is 2. The van der Waals surface area contributed by atoms with Gasteiger partial charge in [-0.15, -0.1) is 36.2 Å². The number of carbonyl (C=O) groups is 1. The molecule has 0 aliphatic carbocycles. The molecule has 2 fully saturated rings. The third-order valence-electron chi connectivity index (χ3n) is 6.03. The Hall–Kier alpha value is -1.67. The molecule has 5 rings (SSSR count). The van der Waals surface area contributed by atoms with Crippen molar-refractivity contribution in [2.45, 2.75) is 51.2 Å². The zero-order chi connectivity index (χ0) is 18.4. The van der Waals surface area contributed by atoms with Crippen LogP contribution in [0.2, 0.25) is 0 Å². The van der Waals surface area contributed by atoms with Crippen LogP contribution < -0.4 is 10.6 Å². The van der Waals surface area contributed by atoms with Crippen molar-refractivity contribution in [1.29, 1.82) is 0 Å². The fourth-order valence-corrected chi connectivity index (χ4v) is 5.32. The monoisotopic (exact) mass is 453 g/mol. The van der Waals surface area contributed by atoms with Crippen LogP contribution >= 0.6 is 36.2 Å². The molecule has 2 bridgehead atoms. The van der Waals surface area contributed by atoms with Gasteiger partial charge in [0.25, 0.3) is 0 Å². The van der Waals surface area contributed by atoms with Gasteiger partial charge in [-0.1, -0.05) is 6.07 Å². The zero-order valence-corrected chi connectivity index (χ0v) is 18.6. The molecule has 0 unspecified atom stereocenters. The number of thiazole rings is 1. The van der Waals surface area contributed by atoms with Gasteiger partial charge in [-0.2, -0.15) is 0 Å². The van der Waals surface area contributed by atoms with Gasteiger partial charge >= 0.3 is 0 Å². The summed E-state index contributed by atoms with van der Waals surface area (Å²) >= 11 is 1.59. The van der Waals surface area contributed by atoms with Crippen molar-refractivity contribution in [3.05, 3.63) is 52.4 Å². The van der Waals surface area contributed by atoms with E-state index in [9.17, 15) is 4.79 Å². The number of pyridine rings is 1. The molecular weight excluding hydrogens is 429 g/mol. The van der Waals surface area contributed by atoms with Crippen molar-refractivity contribution in [2.75, 3.05) is 0 Å². The van der Waals surface area contributed by atoms with Crippen molar-refractivity contribution in [3.63, 3.8) is 0 Å². The average molecular weight is 454 g/mol. The maximum absolute atomic E-state index is 13.3. The van der Waals surface area contributed by atoms with Crippen molar-refractivity contribution in [3.8, 4) is 0 Å². The van der Waals surface area contributed by atoms with Gasteiger partial charge in [0.1, 0.15) is 5.65 Å². The first kappa shape index (κ1) is 22.0. The van der Waals surface area contributed by atoms with E-state index in [4.69, 9.17) is 0 Å². The second-order valence-corrected chi connectivity index (χ2v) is 8.62. The first-order chi connectivity index (χ1) is 13.1. The molecule has 2 N–H and O–H groups in total. The van der Waals surface area contributed by atoms with E-state index in [2.05, 4.69) is 45.2 Å². The number of nitrogens with zero attached hydrogens (tertiary/aromatic N) is 3. The summed E-state index contributed by atoms with van der Waals surface area (Å²) in [6.07, 6.45) is 7.89. The van der Waals surface area contributed by atoms with Gasteiger partial charge in [0.05, 0.1) is 28.9 Å². The first-order valence-corrected chi connectivity index (χ1v) is 10.4. The van der Waals surface area contributed by atoms with E-state index in [0.29, 0.717) is 19.0 Å². The summed E-state index contributed by atoms with van der Waals surface area (Å²) in [4.78, 5) is 22.4. The Morgan fingerprint density at radius 3 is 2.86 bits per heavy atom. The van der Waals surface area contributed by atoms with Crippen LogP contribution in [0, 0.1) is 12.3 Å². The van der Waals surface area contributed by atoms with E-state index in [1.165, 1.54) is 12.0 Å². The van der Waals surface area contributed by atoms with Crippen LogP contribution in [-0.4, -0.2) is 32.4 Å². The number of halogens is 2. The zero-order valence-electron chi connectivity index (χ0n) is 16.1. The largest absolute Gasteiger partial charge is 0.350 e. The molecule has 1 amide bonds. The molecule has 5 heterocycles. The number of carbonyl (C=O) groups excluding carboxylic acids is 1. The van der Waals surface area contributed by atoms with Gasteiger partial charge in [-0.3, -0.25) is 4.79 Å². The fourth-order valence-electron chi connectivity index (χ4n) is 4.76. The lowest BCUT2D eigenvalue weighted by Crippen LogP contribution is -2.49. The number of aryl methyl sites for hydroxylation is 1. The number of imidazole rings is 1. The van der Waals surface area contributed by atoms with E-state index >= 15 is 0 Å². The van der Waals surface area contributed by atoms with Gasteiger partial charge < -0.3 is 15.0 Å². The standard InChI is InChI=1S/C20H23N5OS.2ClH/c1-13-2-5-18-24-16(10-25(18)9-13)8-21-19(26)20(7-15-11-27-12-22-15)6-14-3-4-17(20)23-14;;/h2,5,9-12,14,17,23H,3-4,6-8H2,1H3,(H,21,26);2*1H/t14-,17+,20-;;/m0../s1. The Kier molecular flexibility index (Phi) is 6.53. The SMILES string of the molecule is Cc1ccc2nc(CNC(=O)[C@]3(Cc4cscn4)C[C@@H]4CC[C@H]3N4)cn2c1.Cl.Cl. The minimum atomic E-state index is -0.396. The molecule has 0 saturated carbocycles. The smallest absolute Gasteiger partial charge is 0.228 e. The lowest BCUT2D eigenvalue weighted by molar-refractivity contribution is -0.132. The highest BCUT2D eigenvalue weighted by Gasteiger charge is 2.55. The molecule has 2 saturated heterocycles. The number of hydrogen-bond donors (Lipinski definition) is 2. The number of rotatable bonds is 5. The molecule has 156 valence electrons. The number of hydrogen-bond acceptors (Lipinski definition) is 5. The Labute approximate surface area is 186 Å². The van der Waals surface area contributed by atoms with Crippen molar-refractivity contribution < 1.29 is 4.79 Å². The van der Waals surface area contributed by atoms with Gasteiger partial charge in [-0.25, -0.2) is 9.97 Å². The minimum Gasteiger partial charge on any atom is -0.350 e. The summed E-state index contributed by atoms with van der Waals surface area (Å²) in [5, 5.41) is 8.87. The van der Waals surface area contributed by atoms with Crippen LogP contribution in [0.15, 0.2) is 35.4 Å². The van der Waals surface area contributed by atoms with Crippen LogP contribution in [0.25, 0.3) is 5.65 Å². The lowest BCUT2D eigenvalue weighted by Gasteiger charge is -2.34. The molecule has 3 atom stereocenters. The second kappa shape index (κ2) is 8.60. The summed E-state index contributed by atoms with van der Waals surface area (Å²) in [6, 6.07) is 4.75. The highest BCUT2D eigenvalue weighted by Crippen LogP contribution is 2.45. The third kappa shape index (κ3) is 4.01. The third-order valence-corrected chi connectivity index (χ3v) is 6.66. The molecule has 29 heavy (non-hydrogen) atoms. The highest BCUT2D eigenvalue weighted by atomic mass is 35.5. The molecule has 3 aromatic heterocycles. The maximum Gasteiger partial charge on any atom is 0.228 e. The lowest BCUT2D eigenvalue weighted by atomic mass is 9.70. The van der Waals surface area contributed by atoms with E-state index < -0.39 is 5.41 Å². The number of amides is 1. The normalized spacial score (nSPS) is 24.9. The van der Waals surface area contributed by atoms with Crippen LogP contribution in [0.3, 0.4) is 0 Å². The van der Waals surface area contributed by atoms with E-state index in [-0.39, 0.29) is 36.8 Å². The molecule has 9 heteroatoms. The summed E-state index contributed by atoms with van der Waals surface area (Å²) in [7, 11) is 0. The van der Waals surface area contributed by atoms with Crippen LogP contribution in [-0.2, 0) is 17.8 Å². The summed E-state index contributed by atoms with van der Waals surface area (Å²) in [6.45, 7) is 2.51. The highest BCUT2D eigenvalue weighted by molar-refractivity contribution is 7.07. The van der Waals surface area contributed by atoms with E-state index in [0.717, 1.165) is 29.9 Å². The van der Waals surface area contributed by atoms with Crippen LogP contribution in [0.5, 0.6) is 0 Å². The number of fused-ring (bicyclic) bond motifs is 3. The topological polar surface area (TPSA) is 71.3 Å². The Morgan fingerprint density at radius 2 is 2.17 bits per heavy atom. The molecule has 0 spiro atoms.